The molecule has 1 aliphatic heterocycles. The summed E-state index contributed by atoms with van der Waals surface area (Å²) in [6.45, 7) is 4.16. The highest BCUT2D eigenvalue weighted by Gasteiger charge is 2.18. The number of aromatic nitrogens is 2. The standard InChI is InChI=1S/C19H22N4O3/c1-13-4-3-9-23(12-13)17-11-20-16(10-21-17)18(24)22-15-7-5-14(6-8-15)19(25)26-2/h5-8,10-11,13H,3-4,9,12H2,1-2H3,(H,22,24). The van der Waals surface area contributed by atoms with Crippen molar-refractivity contribution in [2.24, 2.45) is 5.92 Å². The molecular weight excluding hydrogens is 332 g/mol. The van der Waals surface area contributed by atoms with E-state index in [1.54, 1.807) is 30.5 Å². The summed E-state index contributed by atoms with van der Waals surface area (Å²) in [5, 5.41) is 2.74. The van der Waals surface area contributed by atoms with Gasteiger partial charge in [0.25, 0.3) is 5.91 Å². The molecule has 0 bridgehead atoms. The maximum atomic E-state index is 12.3. The number of piperidine rings is 1. The zero-order chi connectivity index (χ0) is 18.5. The van der Waals surface area contributed by atoms with E-state index in [4.69, 9.17) is 0 Å². The number of amides is 1. The van der Waals surface area contributed by atoms with Crippen molar-refractivity contribution in [2.75, 3.05) is 30.4 Å². The molecule has 1 fully saturated rings. The predicted molar refractivity (Wildman–Crippen MR) is 98.4 cm³/mol. The van der Waals surface area contributed by atoms with Crippen LogP contribution in [0, 0.1) is 5.92 Å². The van der Waals surface area contributed by atoms with Crippen molar-refractivity contribution in [3.05, 3.63) is 47.9 Å². The van der Waals surface area contributed by atoms with Gasteiger partial charge >= 0.3 is 5.97 Å². The van der Waals surface area contributed by atoms with E-state index in [-0.39, 0.29) is 11.6 Å². The van der Waals surface area contributed by atoms with Crippen molar-refractivity contribution in [2.45, 2.75) is 19.8 Å². The summed E-state index contributed by atoms with van der Waals surface area (Å²) < 4.78 is 4.65. The molecule has 1 N–H and O–H groups in total. The second-order valence-corrected chi connectivity index (χ2v) is 6.48. The summed E-state index contributed by atoms with van der Waals surface area (Å²) >= 11 is 0. The van der Waals surface area contributed by atoms with Gasteiger partial charge in [0.15, 0.2) is 0 Å². The summed E-state index contributed by atoms with van der Waals surface area (Å²) in [5.41, 5.74) is 1.24. The van der Waals surface area contributed by atoms with E-state index in [0.29, 0.717) is 17.2 Å². The van der Waals surface area contributed by atoms with E-state index >= 15 is 0 Å². The molecule has 1 aromatic carbocycles. The predicted octanol–water partition coefficient (Wildman–Crippen LogP) is 2.75. The summed E-state index contributed by atoms with van der Waals surface area (Å²) in [4.78, 5) is 34.6. The van der Waals surface area contributed by atoms with E-state index in [1.807, 2.05) is 0 Å². The van der Waals surface area contributed by atoms with Crippen LogP contribution in [0.3, 0.4) is 0 Å². The normalized spacial score (nSPS) is 16.8. The monoisotopic (exact) mass is 354 g/mol. The first-order valence-electron chi connectivity index (χ1n) is 8.63. The molecule has 1 saturated heterocycles. The van der Waals surface area contributed by atoms with Crippen LogP contribution in [0.25, 0.3) is 0 Å². The SMILES string of the molecule is COC(=O)c1ccc(NC(=O)c2cnc(N3CCCC(C)C3)cn2)cc1. The summed E-state index contributed by atoms with van der Waals surface area (Å²) in [6, 6.07) is 6.46. The third-order valence-electron chi connectivity index (χ3n) is 4.42. The van der Waals surface area contributed by atoms with Crippen LogP contribution in [0.1, 0.15) is 40.6 Å². The molecule has 2 aromatic rings. The second kappa shape index (κ2) is 7.95. The first kappa shape index (κ1) is 17.8. The molecular formula is C19H22N4O3. The molecule has 2 heterocycles. The number of hydrogen-bond acceptors (Lipinski definition) is 6. The third kappa shape index (κ3) is 4.17. The van der Waals surface area contributed by atoms with Crippen LogP contribution in [-0.4, -0.2) is 42.0 Å². The molecule has 1 unspecified atom stereocenters. The lowest BCUT2D eigenvalue weighted by Crippen LogP contribution is -2.35. The van der Waals surface area contributed by atoms with Gasteiger partial charge in [-0.3, -0.25) is 4.79 Å². The van der Waals surface area contributed by atoms with Crippen molar-refractivity contribution in [1.82, 2.24) is 9.97 Å². The number of nitrogens with zero attached hydrogens (tertiary/aromatic N) is 3. The molecule has 3 rings (SSSR count). The van der Waals surface area contributed by atoms with Gasteiger partial charge in [-0.2, -0.15) is 0 Å². The van der Waals surface area contributed by atoms with Crippen molar-refractivity contribution in [1.29, 1.82) is 0 Å². The van der Waals surface area contributed by atoms with Crippen LogP contribution in [0.5, 0.6) is 0 Å². The Morgan fingerprint density at radius 2 is 1.96 bits per heavy atom. The smallest absolute Gasteiger partial charge is 0.337 e. The highest BCUT2D eigenvalue weighted by Crippen LogP contribution is 2.20. The lowest BCUT2D eigenvalue weighted by Gasteiger charge is -2.31. The number of anilines is 2. The Morgan fingerprint density at radius 1 is 1.19 bits per heavy atom. The van der Waals surface area contributed by atoms with E-state index < -0.39 is 5.97 Å². The van der Waals surface area contributed by atoms with Gasteiger partial charge in [0.05, 0.1) is 25.1 Å². The van der Waals surface area contributed by atoms with Gasteiger partial charge in [-0.15, -0.1) is 0 Å². The number of benzene rings is 1. The lowest BCUT2D eigenvalue weighted by atomic mass is 10.0. The molecule has 1 atom stereocenters. The minimum atomic E-state index is -0.420. The van der Waals surface area contributed by atoms with Crippen LogP contribution in [0.2, 0.25) is 0 Å². The number of methoxy groups -OCH3 is 1. The first-order chi connectivity index (χ1) is 12.6. The fourth-order valence-electron chi connectivity index (χ4n) is 3.00. The van der Waals surface area contributed by atoms with Crippen molar-refractivity contribution >= 4 is 23.4 Å². The number of carbonyl (C=O) groups is 2. The molecule has 0 saturated carbocycles. The molecule has 26 heavy (non-hydrogen) atoms. The molecule has 136 valence electrons. The van der Waals surface area contributed by atoms with E-state index in [1.165, 1.54) is 19.7 Å². The minimum Gasteiger partial charge on any atom is -0.465 e. The van der Waals surface area contributed by atoms with Crippen molar-refractivity contribution in [3.63, 3.8) is 0 Å². The summed E-state index contributed by atoms with van der Waals surface area (Å²) in [7, 11) is 1.32. The van der Waals surface area contributed by atoms with E-state index in [0.717, 1.165) is 25.3 Å². The number of ether oxygens (including phenoxy) is 1. The Hall–Kier alpha value is -2.96. The number of hydrogen-bond donors (Lipinski definition) is 1. The molecule has 0 radical (unpaired) electrons. The number of rotatable bonds is 4. The fraction of sp³-hybridized carbons (Fsp3) is 0.368. The Labute approximate surface area is 152 Å². The number of esters is 1. The van der Waals surface area contributed by atoms with E-state index in [9.17, 15) is 9.59 Å². The van der Waals surface area contributed by atoms with Crippen LogP contribution < -0.4 is 10.2 Å². The van der Waals surface area contributed by atoms with Crippen LogP contribution in [-0.2, 0) is 4.74 Å². The van der Waals surface area contributed by atoms with Crippen LogP contribution >= 0.6 is 0 Å². The molecule has 0 spiro atoms. The van der Waals surface area contributed by atoms with Gasteiger partial charge < -0.3 is 15.0 Å². The highest BCUT2D eigenvalue weighted by atomic mass is 16.5. The first-order valence-corrected chi connectivity index (χ1v) is 8.63. The molecule has 1 aliphatic rings. The summed E-state index contributed by atoms with van der Waals surface area (Å²) in [6.07, 6.45) is 5.52. The third-order valence-corrected chi connectivity index (χ3v) is 4.42. The quantitative estimate of drug-likeness (QED) is 0.850. The Balaban J connectivity index is 1.63. The molecule has 7 nitrogen and oxygen atoms in total. The van der Waals surface area contributed by atoms with E-state index in [2.05, 4.69) is 31.8 Å². The molecule has 1 aromatic heterocycles. The molecule has 0 aliphatic carbocycles. The average molecular weight is 354 g/mol. The zero-order valence-electron chi connectivity index (χ0n) is 14.9. The average Bonchev–Trinajstić information content (AvgIpc) is 2.68. The van der Waals surface area contributed by atoms with Gasteiger partial charge in [-0.1, -0.05) is 6.92 Å². The molecule has 1 amide bonds. The summed E-state index contributed by atoms with van der Waals surface area (Å²) in [5.74, 6) is 0.676. The van der Waals surface area contributed by atoms with Crippen molar-refractivity contribution < 1.29 is 14.3 Å². The lowest BCUT2D eigenvalue weighted by molar-refractivity contribution is 0.0600. The van der Waals surface area contributed by atoms with Crippen LogP contribution in [0.15, 0.2) is 36.7 Å². The largest absolute Gasteiger partial charge is 0.465 e. The van der Waals surface area contributed by atoms with Gasteiger partial charge in [0.1, 0.15) is 11.5 Å². The maximum absolute atomic E-state index is 12.3. The highest BCUT2D eigenvalue weighted by molar-refractivity contribution is 6.03. The van der Waals surface area contributed by atoms with Crippen molar-refractivity contribution in [3.8, 4) is 0 Å². The molecule has 7 heteroatoms. The van der Waals surface area contributed by atoms with Gasteiger partial charge in [0.2, 0.25) is 0 Å². The van der Waals surface area contributed by atoms with Crippen LogP contribution in [0.4, 0.5) is 11.5 Å². The Bertz CT molecular complexity index is 774. The number of nitrogens with one attached hydrogen (secondary N) is 1. The number of carbonyl (C=O) groups excluding carboxylic acids is 2. The fourth-order valence-corrected chi connectivity index (χ4v) is 3.00. The topological polar surface area (TPSA) is 84.4 Å². The Kier molecular flexibility index (Phi) is 5.46. The van der Waals surface area contributed by atoms with Gasteiger partial charge in [-0.25, -0.2) is 14.8 Å². The second-order valence-electron chi connectivity index (χ2n) is 6.48. The minimum absolute atomic E-state index is 0.246. The van der Waals surface area contributed by atoms with Gasteiger partial charge in [-0.05, 0) is 43.0 Å². The maximum Gasteiger partial charge on any atom is 0.337 e. The van der Waals surface area contributed by atoms with Gasteiger partial charge in [0, 0.05) is 18.8 Å². The Morgan fingerprint density at radius 3 is 2.58 bits per heavy atom. The zero-order valence-corrected chi connectivity index (χ0v) is 14.9.